The van der Waals surface area contributed by atoms with Gasteiger partial charge in [0.1, 0.15) is 5.75 Å². The number of hydrogen-bond acceptors (Lipinski definition) is 4. The van der Waals surface area contributed by atoms with Crippen LogP contribution in [0, 0.1) is 0 Å². The number of anilines is 1. The second-order valence-electron chi connectivity index (χ2n) is 3.37. The lowest BCUT2D eigenvalue weighted by molar-refractivity contribution is -0.173. The summed E-state index contributed by atoms with van der Waals surface area (Å²) in [5, 5.41) is 2.07. The number of alkyl halides is 3. The molecule has 1 atom stereocenters. The number of carbonyl (C=O) groups is 1. The molecule has 100 valence electrons. The number of benzene rings is 1. The Morgan fingerprint density at radius 2 is 1.78 bits per heavy atom. The van der Waals surface area contributed by atoms with Crippen molar-refractivity contribution in [3.63, 3.8) is 0 Å². The molecule has 0 aliphatic heterocycles. The van der Waals surface area contributed by atoms with E-state index in [1.54, 1.807) is 0 Å². The highest BCUT2D eigenvalue weighted by Crippen LogP contribution is 2.25. The molecule has 0 saturated heterocycles. The predicted octanol–water partition coefficient (Wildman–Crippen LogP) is 2.21. The van der Waals surface area contributed by atoms with Crippen molar-refractivity contribution >= 4 is 11.7 Å². The summed E-state index contributed by atoms with van der Waals surface area (Å²) in [4.78, 5) is 11.1. The maximum absolute atomic E-state index is 12.6. The van der Waals surface area contributed by atoms with E-state index in [0.717, 1.165) is 7.11 Å². The first-order chi connectivity index (χ1) is 8.38. The van der Waals surface area contributed by atoms with Crippen LogP contribution in [0.3, 0.4) is 0 Å². The van der Waals surface area contributed by atoms with Crippen LogP contribution in [0.4, 0.5) is 18.9 Å². The Kier molecular flexibility index (Phi) is 4.41. The van der Waals surface area contributed by atoms with Crippen LogP contribution in [0.15, 0.2) is 24.3 Å². The fourth-order valence-corrected chi connectivity index (χ4v) is 1.25. The van der Waals surface area contributed by atoms with Gasteiger partial charge in [-0.25, -0.2) is 4.79 Å². The largest absolute Gasteiger partial charge is 0.497 e. The molecule has 0 spiro atoms. The highest BCUT2D eigenvalue weighted by Gasteiger charge is 2.46. The van der Waals surface area contributed by atoms with Gasteiger partial charge in [-0.05, 0) is 24.3 Å². The van der Waals surface area contributed by atoms with E-state index in [-0.39, 0.29) is 5.69 Å². The van der Waals surface area contributed by atoms with Gasteiger partial charge in [0.15, 0.2) is 0 Å². The Morgan fingerprint density at radius 1 is 1.22 bits per heavy atom. The summed E-state index contributed by atoms with van der Waals surface area (Å²) in [5.74, 6) is -0.888. The van der Waals surface area contributed by atoms with Crippen LogP contribution < -0.4 is 10.1 Å². The quantitative estimate of drug-likeness (QED) is 0.846. The molecule has 1 unspecified atom stereocenters. The first-order valence-electron chi connectivity index (χ1n) is 4.93. The van der Waals surface area contributed by atoms with Gasteiger partial charge < -0.3 is 14.8 Å². The molecule has 1 N–H and O–H groups in total. The molecule has 0 aliphatic rings. The Balaban J connectivity index is 2.86. The van der Waals surface area contributed by atoms with Crippen LogP contribution >= 0.6 is 0 Å². The zero-order valence-electron chi connectivity index (χ0n) is 9.75. The van der Waals surface area contributed by atoms with E-state index in [1.807, 2.05) is 0 Å². The summed E-state index contributed by atoms with van der Waals surface area (Å²) >= 11 is 0. The van der Waals surface area contributed by atoms with Crippen LogP contribution in [0.5, 0.6) is 5.75 Å². The summed E-state index contributed by atoms with van der Waals surface area (Å²) in [6.45, 7) is 0. The molecule has 0 bridgehead atoms. The fraction of sp³-hybridized carbons (Fsp3) is 0.364. The van der Waals surface area contributed by atoms with Crippen LogP contribution in [0.25, 0.3) is 0 Å². The van der Waals surface area contributed by atoms with Crippen molar-refractivity contribution in [3.05, 3.63) is 24.3 Å². The zero-order chi connectivity index (χ0) is 13.8. The van der Waals surface area contributed by atoms with Crippen LogP contribution in [-0.2, 0) is 9.53 Å². The van der Waals surface area contributed by atoms with E-state index in [4.69, 9.17) is 4.74 Å². The molecule has 1 rings (SSSR count). The minimum atomic E-state index is -4.73. The normalized spacial score (nSPS) is 12.7. The topological polar surface area (TPSA) is 47.6 Å². The number of nitrogens with one attached hydrogen (secondary N) is 1. The van der Waals surface area contributed by atoms with Gasteiger partial charge in [0.25, 0.3) is 0 Å². The Labute approximate surface area is 102 Å². The first-order valence-corrected chi connectivity index (χ1v) is 4.93. The minimum absolute atomic E-state index is 0.142. The number of carbonyl (C=O) groups excluding carboxylic acids is 1. The third-order valence-corrected chi connectivity index (χ3v) is 2.17. The predicted molar refractivity (Wildman–Crippen MR) is 58.5 cm³/mol. The number of methoxy groups -OCH3 is 2. The van der Waals surface area contributed by atoms with Gasteiger partial charge in [-0.2, -0.15) is 13.2 Å². The van der Waals surface area contributed by atoms with Gasteiger partial charge in [-0.1, -0.05) is 0 Å². The Morgan fingerprint density at radius 3 is 2.17 bits per heavy atom. The van der Waals surface area contributed by atoms with Gasteiger partial charge in [0.2, 0.25) is 6.04 Å². The summed E-state index contributed by atoms with van der Waals surface area (Å²) in [5.41, 5.74) is 0.142. The molecule has 0 saturated carbocycles. The Bertz CT molecular complexity index is 403. The van der Waals surface area contributed by atoms with Crippen molar-refractivity contribution in [1.82, 2.24) is 0 Å². The summed E-state index contributed by atoms with van der Waals surface area (Å²) in [6, 6.07) is 3.32. The van der Waals surface area contributed by atoms with Gasteiger partial charge in [0, 0.05) is 5.69 Å². The Hall–Kier alpha value is -1.92. The molecule has 7 heteroatoms. The van der Waals surface area contributed by atoms with E-state index < -0.39 is 18.2 Å². The van der Waals surface area contributed by atoms with E-state index in [1.165, 1.54) is 31.4 Å². The molecule has 0 fully saturated rings. The van der Waals surface area contributed by atoms with E-state index >= 15 is 0 Å². The molecule has 1 aromatic carbocycles. The molecular formula is C11H12F3NO3. The molecule has 4 nitrogen and oxygen atoms in total. The number of esters is 1. The van der Waals surface area contributed by atoms with Crippen molar-refractivity contribution in [2.24, 2.45) is 0 Å². The van der Waals surface area contributed by atoms with E-state index in [0.29, 0.717) is 5.75 Å². The molecule has 0 heterocycles. The second kappa shape index (κ2) is 5.61. The molecule has 0 aliphatic carbocycles. The lowest BCUT2D eigenvalue weighted by atomic mass is 10.2. The van der Waals surface area contributed by atoms with Gasteiger partial charge in [0.05, 0.1) is 14.2 Å². The third kappa shape index (κ3) is 3.54. The van der Waals surface area contributed by atoms with Crippen molar-refractivity contribution in [1.29, 1.82) is 0 Å². The summed E-state index contributed by atoms with van der Waals surface area (Å²) < 4.78 is 46.8. The monoisotopic (exact) mass is 263 g/mol. The first kappa shape index (κ1) is 14.1. The average Bonchev–Trinajstić information content (AvgIpc) is 2.34. The van der Waals surface area contributed by atoms with Crippen LogP contribution in [-0.4, -0.2) is 32.4 Å². The van der Waals surface area contributed by atoms with Gasteiger partial charge >= 0.3 is 12.1 Å². The molecular weight excluding hydrogens is 251 g/mol. The molecule has 18 heavy (non-hydrogen) atoms. The average molecular weight is 263 g/mol. The lowest BCUT2D eigenvalue weighted by Gasteiger charge is -2.20. The number of halogens is 3. The lowest BCUT2D eigenvalue weighted by Crippen LogP contribution is -2.43. The van der Waals surface area contributed by atoms with Crippen molar-refractivity contribution in [2.75, 3.05) is 19.5 Å². The zero-order valence-corrected chi connectivity index (χ0v) is 9.75. The van der Waals surface area contributed by atoms with Crippen molar-refractivity contribution in [2.45, 2.75) is 12.2 Å². The van der Waals surface area contributed by atoms with Crippen molar-refractivity contribution < 1.29 is 27.4 Å². The fourth-order valence-electron chi connectivity index (χ4n) is 1.25. The highest BCUT2D eigenvalue weighted by molar-refractivity contribution is 5.80. The smallest absolute Gasteiger partial charge is 0.419 e. The maximum Gasteiger partial charge on any atom is 0.419 e. The number of rotatable bonds is 4. The third-order valence-electron chi connectivity index (χ3n) is 2.17. The van der Waals surface area contributed by atoms with Crippen LogP contribution in [0.1, 0.15) is 0 Å². The van der Waals surface area contributed by atoms with E-state index in [2.05, 4.69) is 10.1 Å². The molecule has 0 radical (unpaired) electrons. The minimum Gasteiger partial charge on any atom is -0.497 e. The standard InChI is InChI=1S/C11H12F3NO3/c1-17-8-5-3-7(4-6-8)15-9(10(16)18-2)11(12,13)14/h3-6,9,15H,1-2H3. The van der Waals surface area contributed by atoms with Crippen LogP contribution in [0.2, 0.25) is 0 Å². The van der Waals surface area contributed by atoms with E-state index in [9.17, 15) is 18.0 Å². The van der Waals surface area contributed by atoms with Crippen molar-refractivity contribution in [3.8, 4) is 5.75 Å². The molecule has 1 aromatic rings. The van der Waals surface area contributed by atoms with Gasteiger partial charge in [-0.3, -0.25) is 0 Å². The van der Waals surface area contributed by atoms with Gasteiger partial charge in [-0.15, -0.1) is 0 Å². The number of hydrogen-bond donors (Lipinski definition) is 1. The summed E-state index contributed by atoms with van der Waals surface area (Å²) in [6.07, 6.45) is -4.73. The SMILES string of the molecule is COC(=O)C(Nc1ccc(OC)cc1)C(F)(F)F. The molecule has 0 amide bonds. The highest BCUT2D eigenvalue weighted by atomic mass is 19.4. The maximum atomic E-state index is 12.6. The second-order valence-corrected chi connectivity index (χ2v) is 3.37. The molecule has 0 aromatic heterocycles. The number of ether oxygens (including phenoxy) is 2. The summed E-state index contributed by atoms with van der Waals surface area (Å²) in [7, 11) is 2.34.